The van der Waals surface area contributed by atoms with Crippen molar-refractivity contribution in [2.45, 2.75) is 51.1 Å². The SMILES string of the molecule is C#CC(=O)N1[C@@H](CCCC)CC2=C(Cc3ccccc32)[C@@H]1c1ccc(F)cc1. The van der Waals surface area contributed by atoms with Crippen LogP contribution < -0.4 is 0 Å². The van der Waals surface area contributed by atoms with Crippen LogP contribution in [0.2, 0.25) is 0 Å². The third-order valence-electron chi connectivity index (χ3n) is 5.99. The number of carbonyl (C=O) groups excluding carboxylic acids is 1. The van der Waals surface area contributed by atoms with E-state index in [1.54, 1.807) is 12.1 Å². The topological polar surface area (TPSA) is 20.3 Å². The molecule has 142 valence electrons. The summed E-state index contributed by atoms with van der Waals surface area (Å²) in [6, 6.07) is 14.8. The maximum atomic E-state index is 13.6. The molecule has 1 amide bonds. The first kappa shape index (κ1) is 18.5. The van der Waals surface area contributed by atoms with Gasteiger partial charge < -0.3 is 4.90 Å². The lowest BCUT2D eigenvalue weighted by molar-refractivity contribution is -0.129. The number of halogens is 1. The van der Waals surface area contributed by atoms with Crippen LogP contribution in [0.5, 0.6) is 0 Å². The van der Waals surface area contributed by atoms with Gasteiger partial charge in [0, 0.05) is 6.04 Å². The van der Waals surface area contributed by atoms with E-state index in [9.17, 15) is 9.18 Å². The number of unbranched alkanes of at least 4 members (excludes halogenated alkanes) is 1. The molecule has 0 spiro atoms. The van der Waals surface area contributed by atoms with E-state index in [0.29, 0.717) is 0 Å². The van der Waals surface area contributed by atoms with Crippen LogP contribution in [0.4, 0.5) is 4.39 Å². The Morgan fingerprint density at radius 2 is 1.96 bits per heavy atom. The number of carbonyl (C=O) groups is 1. The van der Waals surface area contributed by atoms with Gasteiger partial charge in [-0.25, -0.2) is 4.39 Å². The Kier molecular flexibility index (Phi) is 5.05. The summed E-state index contributed by atoms with van der Waals surface area (Å²) < 4.78 is 13.6. The molecule has 2 aromatic rings. The average Bonchev–Trinajstić information content (AvgIpc) is 3.09. The minimum atomic E-state index is -0.280. The third kappa shape index (κ3) is 3.14. The number of amides is 1. The van der Waals surface area contributed by atoms with Crippen molar-refractivity contribution in [3.8, 4) is 12.3 Å². The van der Waals surface area contributed by atoms with Crippen LogP contribution in [0, 0.1) is 18.2 Å². The molecule has 0 bridgehead atoms. The fraction of sp³-hybridized carbons (Fsp3) is 0.320. The Balaban J connectivity index is 1.86. The Morgan fingerprint density at radius 3 is 2.68 bits per heavy atom. The van der Waals surface area contributed by atoms with Crippen LogP contribution in [0.3, 0.4) is 0 Å². The number of benzene rings is 2. The largest absolute Gasteiger partial charge is 0.318 e. The van der Waals surface area contributed by atoms with Crippen LogP contribution in [0.25, 0.3) is 5.57 Å². The quantitative estimate of drug-likeness (QED) is 0.666. The lowest BCUT2D eigenvalue weighted by Gasteiger charge is -2.43. The van der Waals surface area contributed by atoms with Crippen molar-refractivity contribution in [3.05, 3.63) is 76.6 Å². The van der Waals surface area contributed by atoms with E-state index in [1.807, 2.05) is 4.90 Å². The minimum absolute atomic E-state index is 0.0588. The molecule has 1 aliphatic heterocycles. The summed E-state index contributed by atoms with van der Waals surface area (Å²) in [6.45, 7) is 2.16. The number of fused-ring (bicyclic) bond motifs is 2. The second-order valence-corrected chi connectivity index (χ2v) is 7.65. The number of hydrogen-bond donors (Lipinski definition) is 0. The summed E-state index contributed by atoms with van der Waals surface area (Å²) in [5, 5.41) is 0. The van der Waals surface area contributed by atoms with Crippen molar-refractivity contribution in [2.24, 2.45) is 0 Å². The maximum Gasteiger partial charge on any atom is 0.299 e. The zero-order chi connectivity index (χ0) is 19.7. The predicted octanol–water partition coefficient (Wildman–Crippen LogP) is 5.30. The van der Waals surface area contributed by atoms with Gasteiger partial charge in [0.1, 0.15) is 5.82 Å². The Hall–Kier alpha value is -2.86. The van der Waals surface area contributed by atoms with Gasteiger partial charge in [0.25, 0.3) is 5.91 Å². The maximum absolute atomic E-state index is 13.6. The lowest BCUT2D eigenvalue weighted by atomic mass is 9.83. The molecule has 3 heteroatoms. The fourth-order valence-corrected chi connectivity index (χ4v) is 4.71. The van der Waals surface area contributed by atoms with Crippen LogP contribution >= 0.6 is 0 Å². The molecular weight excluding hydrogens is 349 g/mol. The predicted molar refractivity (Wildman–Crippen MR) is 110 cm³/mol. The zero-order valence-electron chi connectivity index (χ0n) is 16.1. The standard InChI is InChI=1S/C25H24FNO/c1-3-5-9-20-16-22-21-10-7-6-8-18(21)15-23(22)25(27(20)24(28)4-2)17-11-13-19(26)14-12-17/h2,6-8,10-14,20,25H,3,5,9,15-16H2,1H3/t20-,25-/m0/s1. The highest BCUT2D eigenvalue weighted by atomic mass is 19.1. The normalized spacial score (nSPS) is 20.5. The van der Waals surface area contributed by atoms with Crippen molar-refractivity contribution in [2.75, 3.05) is 0 Å². The van der Waals surface area contributed by atoms with E-state index in [4.69, 9.17) is 6.42 Å². The van der Waals surface area contributed by atoms with Crippen LogP contribution in [0.1, 0.15) is 55.3 Å². The number of nitrogens with zero attached hydrogens (tertiary/aromatic N) is 1. The monoisotopic (exact) mass is 373 g/mol. The van der Waals surface area contributed by atoms with Crippen LogP contribution in [-0.2, 0) is 11.2 Å². The molecule has 2 atom stereocenters. The van der Waals surface area contributed by atoms with Gasteiger partial charge in [-0.15, -0.1) is 6.42 Å². The third-order valence-corrected chi connectivity index (χ3v) is 5.99. The van der Waals surface area contributed by atoms with Gasteiger partial charge in [-0.05, 0) is 65.2 Å². The molecule has 2 aliphatic rings. The van der Waals surface area contributed by atoms with Crippen molar-refractivity contribution >= 4 is 11.5 Å². The summed E-state index contributed by atoms with van der Waals surface area (Å²) in [4.78, 5) is 14.7. The summed E-state index contributed by atoms with van der Waals surface area (Å²) in [5.74, 6) is 1.79. The zero-order valence-corrected chi connectivity index (χ0v) is 16.1. The number of hydrogen-bond acceptors (Lipinski definition) is 1. The van der Waals surface area contributed by atoms with E-state index in [1.165, 1.54) is 34.4 Å². The van der Waals surface area contributed by atoms with E-state index in [-0.39, 0.29) is 23.8 Å². The highest BCUT2D eigenvalue weighted by molar-refractivity contribution is 5.95. The van der Waals surface area contributed by atoms with Crippen LogP contribution in [-0.4, -0.2) is 16.8 Å². The molecule has 1 aliphatic carbocycles. The summed E-state index contributed by atoms with van der Waals surface area (Å²) in [5.41, 5.74) is 6.07. The van der Waals surface area contributed by atoms with Crippen molar-refractivity contribution in [1.29, 1.82) is 0 Å². The van der Waals surface area contributed by atoms with Gasteiger partial charge in [-0.1, -0.05) is 56.2 Å². The Bertz CT molecular complexity index is 967. The molecule has 4 rings (SSSR count). The molecule has 28 heavy (non-hydrogen) atoms. The average molecular weight is 373 g/mol. The van der Waals surface area contributed by atoms with Crippen molar-refractivity contribution in [3.63, 3.8) is 0 Å². The molecule has 0 aromatic heterocycles. The second-order valence-electron chi connectivity index (χ2n) is 7.65. The van der Waals surface area contributed by atoms with E-state index >= 15 is 0 Å². The lowest BCUT2D eigenvalue weighted by Crippen LogP contribution is -2.45. The van der Waals surface area contributed by atoms with E-state index in [0.717, 1.165) is 37.7 Å². The molecule has 2 aromatic carbocycles. The van der Waals surface area contributed by atoms with Gasteiger partial charge in [-0.2, -0.15) is 0 Å². The number of terminal acetylenes is 1. The van der Waals surface area contributed by atoms with Gasteiger partial charge in [0.2, 0.25) is 0 Å². The molecule has 0 fully saturated rings. The highest BCUT2D eigenvalue weighted by Gasteiger charge is 2.41. The molecule has 0 unspecified atom stereocenters. The molecular formula is C25H24FNO. The molecule has 0 saturated heterocycles. The minimum Gasteiger partial charge on any atom is -0.318 e. The van der Waals surface area contributed by atoms with Gasteiger partial charge >= 0.3 is 0 Å². The van der Waals surface area contributed by atoms with E-state index in [2.05, 4.69) is 37.1 Å². The molecule has 1 heterocycles. The first-order valence-corrected chi connectivity index (χ1v) is 9.98. The highest BCUT2D eigenvalue weighted by Crippen LogP contribution is 2.49. The fourth-order valence-electron chi connectivity index (χ4n) is 4.71. The smallest absolute Gasteiger partial charge is 0.299 e. The first-order valence-electron chi connectivity index (χ1n) is 9.98. The summed E-state index contributed by atoms with van der Waals surface area (Å²) >= 11 is 0. The van der Waals surface area contributed by atoms with Gasteiger partial charge in [-0.3, -0.25) is 4.79 Å². The Labute approximate surface area is 166 Å². The Morgan fingerprint density at radius 1 is 1.21 bits per heavy atom. The molecule has 0 radical (unpaired) electrons. The van der Waals surface area contributed by atoms with E-state index < -0.39 is 0 Å². The van der Waals surface area contributed by atoms with Crippen molar-refractivity contribution in [1.82, 2.24) is 4.90 Å². The van der Waals surface area contributed by atoms with Gasteiger partial charge in [0.15, 0.2) is 0 Å². The summed E-state index contributed by atoms with van der Waals surface area (Å²) in [6.07, 6.45) is 10.2. The molecule has 0 saturated carbocycles. The molecule has 2 nitrogen and oxygen atoms in total. The van der Waals surface area contributed by atoms with Crippen molar-refractivity contribution < 1.29 is 9.18 Å². The summed E-state index contributed by atoms with van der Waals surface area (Å²) in [7, 11) is 0. The second kappa shape index (κ2) is 7.64. The first-order chi connectivity index (χ1) is 13.6. The number of rotatable bonds is 4. The molecule has 0 N–H and O–H groups in total. The van der Waals surface area contributed by atoms with Crippen LogP contribution in [0.15, 0.2) is 54.1 Å². The van der Waals surface area contributed by atoms with Gasteiger partial charge in [0.05, 0.1) is 6.04 Å².